The molecule has 0 radical (unpaired) electrons. The lowest BCUT2D eigenvalue weighted by Gasteiger charge is -2.23. The fraction of sp³-hybridized carbons (Fsp3) is 0.115. The number of aromatic nitrogens is 2. The molecule has 0 atom stereocenters. The zero-order chi connectivity index (χ0) is 22.8. The van der Waals surface area contributed by atoms with Crippen LogP contribution in [0.25, 0.3) is 11.4 Å². The summed E-state index contributed by atoms with van der Waals surface area (Å²) < 4.78 is 6.25. The Balaban J connectivity index is 1.45. The number of ether oxygens (including phenoxy) is 1. The van der Waals surface area contributed by atoms with Gasteiger partial charge in [0, 0.05) is 22.7 Å². The van der Waals surface area contributed by atoms with Crippen LogP contribution in [0.2, 0.25) is 5.02 Å². The van der Waals surface area contributed by atoms with Gasteiger partial charge in [0.1, 0.15) is 10.8 Å². The third kappa shape index (κ3) is 4.72. The lowest BCUT2D eigenvalue weighted by atomic mass is 10.0. The molecule has 0 bridgehead atoms. The highest BCUT2D eigenvalue weighted by Crippen LogP contribution is 2.41. The third-order valence-corrected chi connectivity index (χ3v) is 6.52. The summed E-state index contributed by atoms with van der Waals surface area (Å²) in [5.41, 5.74) is 4.60. The Morgan fingerprint density at radius 1 is 1.06 bits per heavy atom. The van der Waals surface area contributed by atoms with Gasteiger partial charge in [-0.05, 0) is 36.2 Å². The minimum atomic E-state index is -0.135. The van der Waals surface area contributed by atoms with E-state index in [4.69, 9.17) is 26.3 Å². The summed E-state index contributed by atoms with van der Waals surface area (Å²) in [7, 11) is 0. The van der Waals surface area contributed by atoms with Crippen molar-refractivity contribution in [2.45, 2.75) is 18.4 Å². The normalized spacial score (nSPS) is 11.8. The number of nitrogens with one attached hydrogen (secondary N) is 1. The zero-order valence-corrected chi connectivity index (χ0v) is 19.4. The van der Waals surface area contributed by atoms with Crippen molar-refractivity contribution < 1.29 is 9.53 Å². The first kappa shape index (κ1) is 21.5. The van der Waals surface area contributed by atoms with Gasteiger partial charge in [0.2, 0.25) is 11.8 Å². The van der Waals surface area contributed by atoms with Gasteiger partial charge in [-0.3, -0.25) is 4.79 Å². The molecule has 0 unspecified atom stereocenters. The number of benzene rings is 3. The minimum Gasteiger partial charge on any atom is -0.438 e. The Labute approximate surface area is 201 Å². The number of thioether (sulfide) groups is 1. The van der Waals surface area contributed by atoms with Crippen LogP contribution < -0.4 is 10.1 Å². The van der Waals surface area contributed by atoms with E-state index in [1.165, 1.54) is 11.8 Å². The van der Waals surface area contributed by atoms with E-state index in [0.29, 0.717) is 28.8 Å². The maximum absolute atomic E-state index is 12.6. The summed E-state index contributed by atoms with van der Waals surface area (Å²) in [6.07, 6.45) is 0.652. The van der Waals surface area contributed by atoms with Crippen LogP contribution in [0.5, 0.6) is 11.6 Å². The van der Waals surface area contributed by atoms with Gasteiger partial charge in [-0.15, -0.1) is 0 Å². The number of hydrogen-bond acceptors (Lipinski definition) is 5. The Kier molecular flexibility index (Phi) is 6.03. The smallest absolute Gasteiger partial charge is 0.234 e. The summed E-state index contributed by atoms with van der Waals surface area (Å²) in [4.78, 5) is 22.2. The summed E-state index contributed by atoms with van der Waals surface area (Å²) in [5, 5.41) is 4.20. The van der Waals surface area contributed by atoms with Crippen molar-refractivity contribution in [1.29, 1.82) is 0 Å². The number of aryl methyl sites for hydroxylation is 1. The quantitative estimate of drug-likeness (QED) is 0.232. The molecule has 7 heteroatoms. The second-order valence-corrected chi connectivity index (χ2v) is 9.09. The van der Waals surface area contributed by atoms with E-state index in [2.05, 4.69) is 11.4 Å². The van der Waals surface area contributed by atoms with E-state index in [1.807, 2.05) is 55.5 Å². The second-order valence-electron chi connectivity index (χ2n) is 7.69. The van der Waals surface area contributed by atoms with Gasteiger partial charge < -0.3 is 10.1 Å². The Morgan fingerprint density at radius 3 is 2.70 bits per heavy atom. The van der Waals surface area contributed by atoms with Gasteiger partial charge in [-0.1, -0.05) is 78.0 Å². The minimum absolute atomic E-state index is 0.135. The maximum Gasteiger partial charge on any atom is 0.234 e. The van der Waals surface area contributed by atoms with Crippen molar-refractivity contribution in [2.24, 2.45) is 0 Å². The standard InChI is InChI=1S/C26H20ClN3O2S/c1-16-7-5-10-18-13-21-25(32-23(16)18)29-24(17-8-3-2-4-9-17)30-26(21)33-15-22(31)28-20-12-6-11-19(27)14-20/h2-12,14H,13,15H2,1H3,(H,28,31). The van der Waals surface area contributed by atoms with Crippen LogP contribution in [0.1, 0.15) is 16.7 Å². The van der Waals surface area contributed by atoms with E-state index in [-0.39, 0.29) is 11.7 Å². The molecule has 0 aliphatic carbocycles. The number of fused-ring (bicyclic) bond motifs is 2. The first-order valence-electron chi connectivity index (χ1n) is 10.5. The van der Waals surface area contributed by atoms with Crippen molar-refractivity contribution in [1.82, 2.24) is 9.97 Å². The van der Waals surface area contributed by atoms with Crippen LogP contribution in [0, 0.1) is 6.92 Å². The summed E-state index contributed by atoms with van der Waals surface area (Å²) in [6.45, 7) is 2.03. The predicted octanol–water partition coefficient (Wildman–Crippen LogP) is 6.53. The number of hydrogen-bond donors (Lipinski definition) is 1. The molecule has 5 rings (SSSR count). The average molecular weight is 474 g/mol. The Morgan fingerprint density at radius 2 is 1.88 bits per heavy atom. The third-order valence-electron chi connectivity index (χ3n) is 5.27. The summed E-state index contributed by atoms with van der Waals surface area (Å²) in [6, 6.07) is 23.0. The number of nitrogens with zero attached hydrogens (tertiary/aromatic N) is 2. The fourth-order valence-electron chi connectivity index (χ4n) is 3.70. The summed E-state index contributed by atoms with van der Waals surface area (Å²) in [5.74, 6) is 2.03. The molecule has 1 aliphatic rings. The van der Waals surface area contributed by atoms with E-state index < -0.39 is 0 Å². The largest absolute Gasteiger partial charge is 0.438 e. The molecule has 0 spiro atoms. The number of para-hydroxylation sites is 1. The highest BCUT2D eigenvalue weighted by Gasteiger charge is 2.25. The molecule has 4 aromatic rings. The fourth-order valence-corrected chi connectivity index (χ4v) is 4.71. The number of carbonyl (C=O) groups is 1. The molecule has 33 heavy (non-hydrogen) atoms. The molecule has 1 N–H and O–H groups in total. The van der Waals surface area contributed by atoms with Gasteiger partial charge in [0.25, 0.3) is 0 Å². The number of anilines is 1. The van der Waals surface area contributed by atoms with Crippen LogP contribution in [0.4, 0.5) is 5.69 Å². The molecule has 1 aromatic heterocycles. The Bertz CT molecular complexity index is 1340. The highest BCUT2D eigenvalue weighted by molar-refractivity contribution is 8.00. The van der Waals surface area contributed by atoms with Gasteiger partial charge in [-0.2, -0.15) is 4.98 Å². The van der Waals surface area contributed by atoms with Crippen LogP contribution in [0.3, 0.4) is 0 Å². The summed E-state index contributed by atoms with van der Waals surface area (Å²) >= 11 is 7.40. The highest BCUT2D eigenvalue weighted by atomic mass is 35.5. The number of carbonyl (C=O) groups excluding carboxylic acids is 1. The molecule has 0 fully saturated rings. The van der Waals surface area contributed by atoms with Crippen molar-refractivity contribution in [3.63, 3.8) is 0 Å². The molecular weight excluding hydrogens is 454 g/mol. The van der Waals surface area contributed by atoms with E-state index in [0.717, 1.165) is 33.0 Å². The molecule has 1 amide bonds. The molecular formula is C26H20ClN3O2S. The molecule has 5 nitrogen and oxygen atoms in total. The molecule has 164 valence electrons. The molecule has 0 saturated heterocycles. The first-order chi connectivity index (χ1) is 16.1. The van der Waals surface area contributed by atoms with Gasteiger partial charge in [0.05, 0.1) is 11.3 Å². The number of halogens is 1. The lowest BCUT2D eigenvalue weighted by Crippen LogP contribution is -2.15. The SMILES string of the molecule is Cc1cccc2c1Oc1nc(-c3ccccc3)nc(SCC(=O)Nc3cccc(Cl)c3)c1C2. The monoisotopic (exact) mass is 473 g/mol. The van der Waals surface area contributed by atoms with E-state index in [9.17, 15) is 4.79 Å². The Hall–Kier alpha value is -3.35. The van der Waals surface area contributed by atoms with E-state index >= 15 is 0 Å². The number of rotatable bonds is 5. The van der Waals surface area contributed by atoms with Crippen molar-refractivity contribution in [3.05, 3.63) is 94.5 Å². The zero-order valence-electron chi connectivity index (χ0n) is 17.8. The van der Waals surface area contributed by atoms with Crippen LogP contribution in [-0.2, 0) is 11.2 Å². The van der Waals surface area contributed by atoms with Crippen molar-refractivity contribution in [3.8, 4) is 23.0 Å². The lowest BCUT2D eigenvalue weighted by molar-refractivity contribution is -0.113. The molecule has 3 aromatic carbocycles. The predicted molar refractivity (Wildman–Crippen MR) is 132 cm³/mol. The topological polar surface area (TPSA) is 64.1 Å². The van der Waals surface area contributed by atoms with Gasteiger partial charge in [-0.25, -0.2) is 4.98 Å². The van der Waals surface area contributed by atoms with Gasteiger partial charge >= 0.3 is 0 Å². The molecule has 1 aliphatic heterocycles. The van der Waals surface area contributed by atoms with Crippen molar-refractivity contribution >= 4 is 35.0 Å². The molecule has 0 saturated carbocycles. The van der Waals surface area contributed by atoms with Crippen LogP contribution >= 0.6 is 23.4 Å². The van der Waals surface area contributed by atoms with Crippen LogP contribution in [0.15, 0.2) is 77.8 Å². The maximum atomic E-state index is 12.6. The second kappa shape index (κ2) is 9.25. The molecule has 2 heterocycles. The van der Waals surface area contributed by atoms with Crippen molar-refractivity contribution in [2.75, 3.05) is 11.1 Å². The van der Waals surface area contributed by atoms with Crippen LogP contribution in [-0.4, -0.2) is 21.6 Å². The van der Waals surface area contributed by atoms with Gasteiger partial charge in [0.15, 0.2) is 5.82 Å². The van der Waals surface area contributed by atoms with E-state index in [1.54, 1.807) is 18.2 Å². The first-order valence-corrected chi connectivity index (χ1v) is 11.8. The average Bonchev–Trinajstić information content (AvgIpc) is 2.82. The number of amides is 1.